The van der Waals surface area contributed by atoms with E-state index in [0.29, 0.717) is 23.7 Å². The SMILES string of the molecule is Cc1cc(-n2nc(C#N)c(=O)[nH]c2=O)cc(Cl)c1Oc1cnc2[nH]c3c(c2c1)C(C)(C)COC3(C)C. The molecule has 0 unspecified atom stereocenters. The molecule has 4 aromatic rings. The number of nitriles is 1. The van der Waals surface area contributed by atoms with Crippen molar-refractivity contribution in [1.29, 1.82) is 5.26 Å². The molecule has 2 N–H and O–H groups in total. The zero-order valence-corrected chi connectivity index (χ0v) is 21.1. The van der Waals surface area contributed by atoms with Crippen LogP contribution < -0.4 is 16.0 Å². The second-order valence-electron chi connectivity index (χ2n) is 9.93. The van der Waals surface area contributed by atoms with Crippen molar-refractivity contribution in [2.24, 2.45) is 0 Å². The standard InChI is InChI=1S/C25H23ClN6O4/c1-12-6-13(32-23(34)30-22(33)17(9-27)31-32)7-16(26)19(12)36-14-8-15-18-20(29-21(15)28-10-14)25(4,5)35-11-24(18,2)3/h6-8,10H,11H2,1-5H3,(H,28,29)(H,30,33,34). The average molecular weight is 507 g/mol. The summed E-state index contributed by atoms with van der Waals surface area (Å²) < 4.78 is 13.2. The first-order valence-electron chi connectivity index (χ1n) is 11.2. The molecule has 0 spiro atoms. The number of nitrogens with one attached hydrogen (secondary N) is 2. The topological polar surface area (TPSA) is 139 Å². The van der Waals surface area contributed by atoms with E-state index in [0.717, 1.165) is 27.0 Å². The number of aromatic nitrogens is 5. The van der Waals surface area contributed by atoms with Gasteiger partial charge in [0.1, 0.15) is 28.8 Å². The van der Waals surface area contributed by atoms with E-state index in [1.165, 1.54) is 6.07 Å². The second kappa shape index (κ2) is 8.05. The van der Waals surface area contributed by atoms with Crippen LogP contribution in [0.1, 0.15) is 50.2 Å². The lowest BCUT2D eigenvalue weighted by molar-refractivity contribution is -0.0607. The van der Waals surface area contributed by atoms with E-state index in [-0.39, 0.29) is 16.1 Å². The molecule has 0 amide bonds. The van der Waals surface area contributed by atoms with Gasteiger partial charge in [-0.05, 0) is 50.1 Å². The lowest BCUT2D eigenvalue weighted by Gasteiger charge is -2.39. The number of fused-ring (bicyclic) bond motifs is 3. The molecule has 0 radical (unpaired) electrons. The van der Waals surface area contributed by atoms with Crippen molar-refractivity contribution in [3.8, 4) is 23.3 Å². The molecule has 5 rings (SSSR count). The van der Waals surface area contributed by atoms with Crippen LogP contribution in [0.5, 0.6) is 11.5 Å². The number of pyridine rings is 1. The Morgan fingerprint density at radius 3 is 2.64 bits per heavy atom. The number of benzene rings is 1. The Labute approximate surface area is 210 Å². The molecule has 0 saturated carbocycles. The van der Waals surface area contributed by atoms with E-state index in [2.05, 4.69) is 33.9 Å². The van der Waals surface area contributed by atoms with Crippen LogP contribution >= 0.6 is 11.6 Å². The zero-order chi connectivity index (χ0) is 26.0. The number of ether oxygens (including phenoxy) is 2. The summed E-state index contributed by atoms with van der Waals surface area (Å²) in [5.41, 5.74) is 0.998. The third-order valence-electron chi connectivity index (χ3n) is 6.31. The summed E-state index contributed by atoms with van der Waals surface area (Å²) in [4.78, 5) is 34.0. The van der Waals surface area contributed by atoms with Gasteiger partial charge in [0, 0.05) is 10.8 Å². The number of aryl methyl sites for hydroxylation is 1. The minimum Gasteiger partial charge on any atom is -0.454 e. The van der Waals surface area contributed by atoms with Gasteiger partial charge in [-0.1, -0.05) is 25.4 Å². The Bertz CT molecular complexity index is 1680. The summed E-state index contributed by atoms with van der Waals surface area (Å²) in [6.45, 7) is 10.7. The van der Waals surface area contributed by atoms with E-state index in [1.54, 1.807) is 25.3 Å². The lowest BCUT2D eigenvalue weighted by Crippen LogP contribution is -2.39. The van der Waals surface area contributed by atoms with Crippen LogP contribution in [0.4, 0.5) is 0 Å². The van der Waals surface area contributed by atoms with Gasteiger partial charge in [-0.2, -0.15) is 9.94 Å². The molecular formula is C25H23ClN6O4. The van der Waals surface area contributed by atoms with Crippen LogP contribution in [0.2, 0.25) is 5.02 Å². The predicted octanol–water partition coefficient (Wildman–Crippen LogP) is 3.97. The van der Waals surface area contributed by atoms with E-state index in [9.17, 15) is 9.59 Å². The molecule has 3 aromatic heterocycles. The number of hydrogen-bond acceptors (Lipinski definition) is 7. The molecule has 184 valence electrons. The van der Waals surface area contributed by atoms with Crippen molar-refractivity contribution >= 4 is 22.6 Å². The van der Waals surface area contributed by atoms with Crippen molar-refractivity contribution in [3.63, 3.8) is 0 Å². The van der Waals surface area contributed by atoms with Crippen molar-refractivity contribution in [3.05, 3.63) is 72.8 Å². The molecule has 4 heterocycles. The number of aromatic amines is 2. The quantitative estimate of drug-likeness (QED) is 0.428. The Morgan fingerprint density at radius 2 is 1.94 bits per heavy atom. The molecule has 0 saturated heterocycles. The van der Waals surface area contributed by atoms with Gasteiger partial charge >= 0.3 is 5.69 Å². The lowest BCUT2D eigenvalue weighted by atomic mass is 9.78. The number of hydrogen-bond donors (Lipinski definition) is 2. The Morgan fingerprint density at radius 1 is 1.19 bits per heavy atom. The van der Waals surface area contributed by atoms with E-state index < -0.39 is 22.5 Å². The molecule has 0 bridgehead atoms. The summed E-state index contributed by atoms with van der Waals surface area (Å²) in [7, 11) is 0. The maximum Gasteiger partial charge on any atom is 0.349 e. The maximum atomic E-state index is 12.3. The average Bonchev–Trinajstić information content (AvgIpc) is 3.21. The molecular weight excluding hydrogens is 484 g/mol. The smallest absolute Gasteiger partial charge is 0.349 e. The fourth-order valence-electron chi connectivity index (χ4n) is 4.50. The Balaban J connectivity index is 1.56. The van der Waals surface area contributed by atoms with Crippen LogP contribution in [0.3, 0.4) is 0 Å². The summed E-state index contributed by atoms with van der Waals surface area (Å²) in [6, 6.07) is 6.69. The number of halogens is 1. The molecule has 1 aliphatic heterocycles. The summed E-state index contributed by atoms with van der Waals surface area (Å²) >= 11 is 6.54. The molecule has 0 fully saturated rings. The largest absolute Gasteiger partial charge is 0.454 e. The first-order chi connectivity index (χ1) is 16.9. The molecule has 1 aliphatic rings. The van der Waals surface area contributed by atoms with Crippen LogP contribution in [-0.4, -0.2) is 31.3 Å². The van der Waals surface area contributed by atoms with E-state index in [4.69, 9.17) is 26.3 Å². The fourth-order valence-corrected chi connectivity index (χ4v) is 4.80. The highest BCUT2D eigenvalue weighted by Crippen LogP contribution is 2.45. The van der Waals surface area contributed by atoms with Gasteiger partial charge in [-0.15, -0.1) is 5.10 Å². The van der Waals surface area contributed by atoms with Gasteiger partial charge in [-0.3, -0.25) is 9.78 Å². The normalized spacial score (nSPS) is 15.9. The predicted molar refractivity (Wildman–Crippen MR) is 133 cm³/mol. The first kappa shape index (κ1) is 23.8. The minimum absolute atomic E-state index is 0.217. The third-order valence-corrected chi connectivity index (χ3v) is 6.59. The van der Waals surface area contributed by atoms with Crippen molar-refractivity contribution < 1.29 is 9.47 Å². The van der Waals surface area contributed by atoms with E-state index in [1.807, 2.05) is 19.9 Å². The Kier molecular flexibility index (Phi) is 5.32. The maximum absolute atomic E-state index is 12.3. The van der Waals surface area contributed by atoms with Gasteiger partial charge < -0.3 is 14.5 Å². The number of nitrogens with zero attached hydrogens (tertiary/aromatic N) is 4. The van der Waals surface area contributed by atoms with Crippen molar-refractivity contribution in [1.82, 2.24) is 24.7 Å². The molecule has 0 aliphatic carbocycles. The van der Waals surface area contributed by atoms with Crippen LogP contribution in [0.25, 0.3) is 16.7 Å². The minimum atomic E-state index is -0.852. The molecule has 11 heteroatoms. The summed E-state index contributed by atoms with van der Waals surface area (Å²) in [5, 5.41) is 14.1. The van der Waals surface area contributed by atoms with Crippen molar-refractivity contribution in [2.45, 2.75) is 45.6 Å². The number of H-pyrrole nitrogens is 2. The summed E-state index contributed by atoms with van der Waals surface area (Å²) in [6.07, 6.45) is 1.61. The third kappa shape index (κ3) is 3.77. The Hall–Kier alpha value is -3.94. The van der Waals surface area contributed by atoms with Gasteiger partial charge in [0.15, 0.2) is 0 Å². The summed E-state index contributed by atoms with van der Waals surface area (Å²) in [5.74, 6) is 0.875. The first-order valence-corrected chi connectivity index (χ1v) is 11.6. The van der Waals surface area contributed by atoms with Gasteiger partial charge in [0.25, 0.3) is 5.56 Å². The molecule has 1 aromatic carbocycles. The highest BCUT2D eigenvalue weighted by Gasteiger charge is 2.41. The van der Waals surface area contributed by atoms with Crippen LogP contribution in [-0.2, 0) is 15.8 Å². The fraction of sp³-hybridized carbons (Fsp3) is 0.320. The molecule has 0 atom stereocenters. The van der Waals surface area contributed by atoms with Gasteiger partial charge in [0.2, 0.25) is 5.69 Å². The van der Waals surface area contributed by atoms with Crippen LogP contribution in [0, 0.1) is 18.3 Å². The van der Waals surface area contributed by atoms with E-state index >= 15 is 0 Å². The van der Waals surface area contributed by atoms with Gasteiger partial charge in [-0.25, -0.2) is 9.78 Å². The van der Waals surface area contributed by atoms with Crippen LogP contribution in [0.15, 0.2) is 34.0 Å². The molecule has 36 heavy (non-hydrogen) atoms. The highest BCUT2D eigenvalue weighted by atomic mass is 35.5. The molecule has 10 nitrogen and oxygen atoms in total. The zero-order valence-electron chi connectivity index (χ0n) is 20.3. The van der Waals surface area contributed by atoms with Gasteiger partial charge in [0.05, 0.1) is 29.2 Å². The van der Waals surface area contributed by atoms with Crippen molar-refractivity contribution in [2.75, 3.05) is 6.61 Å². The monoisotopic (exact) mass is 506 g/mol. The highest BCUT2D eigenvalue weighted by molar-refractivity contribution is 6.32. The second-order valence-corrected chi connectivity index (χ2v) is 10.3. The number of rotatable bonds is 3.